The van der Waals surface area contributed by atoms with Crippen LogP contribution in [0.25, 0.3) is 0 Å². The van der Waals surface area contributed by atoms with Gasteiger partial charge >= 0.3 is 0 Å². The number of nitrogens with zero attached hydrogens (tertiary/aromatic N) is 1. The van der Waals surface area contributed by atoms with Gasteiger partial charge in [-0.05, 0) is 28.4 Å². The Morgan fingerprint density at radius 2 is 2.33 bits per heavy atom. The molecule has 0 aliphatic carbocycles. The molecule has 1 N–H and O–H groups in total. The van der Waals surface area contributed by atoms with Crippen molar-refractivity contribution in [2.75, 3.05) is 23.8 Å². The third kappa shape index (κ3) is 1.83. The van der Waals surface area contributed by atoms with E-state index in [2.05, 4.69) is 40.1 Å². The number of hydrogen-bond acceptors (Lipinski definition) is 2. The lowest BCUT2D eigenvalue weighted by molar-refractivity contribution is 0.606. The van der Waals surface area contributed by atoms with Gasteiger partial charge in [0.25, 0.3) is 0 Å². The number of benzene rings is 1. The summed E-state index contributed by atoms with van der Waals surface area (Å²) in [5.74, 6) is -0.218. The smallest absolute Gasteiger partial charge is 0.139 e. The molecule has 1 aromatic rings. The first-order valence-electron chi connectivity index (χ1n) is 5.09. The zero-order chi connectivity index (χ0) is 11.0. The molecule has 1 unspecified atom stereocenters. The van der Waals surface area contributed by atoms with E-state index in [4.69, 9.17) is 0 Å². The van der Waals surface area contributed by atoms with Gasteiger partial charge in [-0.25, -0.2) is 4.39 Å². The summed E-state index contributed by atoms with van der Waals surface area (Å²) in [7, 11) is 2.05. The summed E-state index contributed by atoms with van der Waals surface area (Å²) in [6, 6.07) is 3.86. The predicted octanol–water partition coefficient (Wildman–Crippen LogP) is 3.23. The van der Waals surface area contributed by atoms with Gasteiger partial charge in [-0.3, -0.25) is 0 Å². The van der Waals surface area contributed by atoms with Crippen molar-refractivity contribution in [2.24, 2.45) is 0 Å². The Labute approximate surface area is 97.6 Å². The molecule has 0 aromatic heterocycles. The molecule has 1 atom stereocenters. The van der Waals surface area contributed by atoms with Crippen LogP contribution < -0.4 is 10.2 Å². The molecule has 0 bridgehead atoms. The fourth-order valence-electron chi connectivity index (χ4n) is 1.95. The highest BCUT2D eigenvalue weighted by Gasteiger charge is 2.22. The fourth-order valence-corrected chi connectivity index (χ4v) is 2.28. The fraction of sp³-hybridized carbons (Fsp3) is 0.455. The third-order valence-corrected chi connectivity index (χ3v) is 3.57. The molecular formula is C11H14BrFN2. The van der Waals surface area contributed by atoms with Crippen LogP contribution in [-0.4, -0.2) is 19.6 Å². The van der Waals surface area contributed by atoms with Crippen LogP contribution >= 0.6 is 15.9 Å². The number of rotatable bonds is 1. The van der Waals surface area contributed by atoms with E-state index >= 15 is 0 Å². The van der Waals surface area contributed by atoms with Crippen LogP contribution in [-0.2, 0) is 0 Å². The zero-order valence-corrected chi connectivity index (χ0v) is 10.4. The van der Waals surface area contributed by atoms with E-state index in [0.29, 0.717) is 10.5 Å². The monoisotopic (exact) mass is 272 g/mol. The number of halogens is 2. The van der Waals surface area contributed by atoms with E-state index in [1.54, 1.807) is 6.07 Å². The van der Waals surface area contributed by atoms with Crippen molar-refractivity contribution in [2.45, 2.75) is 19.4 Å². The molecule has 0 radical (unpaired) electrons. The Morgan fingerprint density at radius 1 is 1.60 bits per heavy atom. The first-order valence-corrected chi connectivity index (χ1v) is 5.88. The lowest BCUT2D eigenvalue weighted by Gasteiger charge is -2.36. The molecule has 1 heterocycles. The summed E-state index contributed by atoms with van der Waals surface area (Å²) in [6.07, 6.45) is 1.08. The van der Waals surface area contributed by atoms with Gasteiger partial charge in [-0.2, -0.15) is 0 Å². The van der Waals surface area contributed by atoms with E-state index < -0.39 is 0 Å². The maximum Gasteiger partial charge on any atom is 0.139 e. The van der Waals surface area contributed by atoms with Gasteiger partial charge in [0.15, 0.2) is 0 Å². The predicted molar refractivity (Wildman–Crippen MR) is 65.1 cm³/mol. The highest BCUT2D eigenvalue weighted by atomic mass is 79.9. The molecule has 0 fully saturated rings. The summed E-state index contributed by atoms with van der Waals surface area (Å²) in [5.41, 5.74) is 1.93. The molecule has 0 saturated carbocycles. The maximum atomic E-state index is 13.3. The van der Waals surface area contributed by atoms with Crippen molar-refractivity contribution in [3.63, 3.8) is 0 Å². The van der Waals surface area contributed by atoms with Crippen molar-refractivity contribution >= 4 is 27.3 Å². The molecule has 82 valence electrons. The summed E-state index contributed by atoms with van der Waals surface area (Å²) in [5, 5.41) is 3.26. The van der Waals surface area contributed by atoms with Crippen molar-refractivity contribution in [3.8, 4) is 0 Å². The summed E-state index contributed by atoms with van der Waals surface area (Å²) in [6.45, 7) is 3.04. The van der Waals surface area contributed by atoms with Crippen LogP contribution in [0.5, 0.6) is 0 Å². The minimum Gasteiger partial charge on any atom is -0.381 e. The molecule has 2 rings (SSSR count). The average Bonchev–Trinajstić information content (AvgIpc) is 2.22. The molecule has 0 spiro atoms. The largest absolute Gasteiger partial charge is 0.381 e. The molecule has 0 saturated heterocycles. The molecule has 1 aliphatic heterocycles. The number of fused-ring (bicyclic) bond motifs is 1. The van der Waals surface area contributed by atoms with Gasteiger partial charge in [-0.1, -0.05) is 6.92 Å². The molecule has 1 aliphatic rings. The minimum atomic E-state index is -0.218. The second-order valence-corrected chi connectivity index (χ2v) is 4.69. The van der Waals surface area contributed by atoms with Crippen LogP contribution in [0.2, 0.25) is 0 Å². The van der Waals surface area contributed by atoms with Crippen LogP contribution in [0.3, 0.4) is 0 Å². The van der Waals surface area contributed by atoms with Gasteiger partial charge in [-0.15, -0.1) is 0 Å². The standard InChI is InChI=1S/C11H14BrFN2/c1-3-7-6-14-10-5-9(13)8(12)4-11(10)15(7)2/h4-5,7,14H,3,6H2,1-2H3. The normalized spacial score (nSPS) is 19.7. The van der Waals surface area contributed by atoms with E-state index in [0.717, 1.165) is 24.3 Å². The third-order valence-electron chi connectivity index (χ3n) is 2.97. The molecular weight excluding hydrogens is 259 g/mol. The summed E-state index contributed by atoms with van der Waals surface area (Å²) in [4.78, 5) is 2.20. The Balaban J connectivity index is 2.43. The first-order chi connectivity index (χ1) is 7.13. The van der Waals surface area contributed by atoms with Gasteiger partial charge < -0.3 is 10.2 Å². The second kappa shape index (κ2) is 4.00. The van der Waals surface area contributed by atoms with Crippen LogP contribution in [0.4, 0.5) is 15.8 Å². The van der Waals surface area contributed by atoms with Gasteiger partial charge in [0.05, 0.1) is 15.8 Å². The Kier molecular flexibility index (Phi) is 2.87. The minimum absolute atomic E-state index is 0.218. The van der Waals surface area contributed by atoms with Gasteiger partial charge in [0.2, 0.25) is 0 Å². The Morgan fingerprint density at radius 3 is 3.00 bits per heavy atom. The van der Waals surface area contributed by atoms with Crippen molar-refractivity contribution in [3.05, 3.63) is 22.4 Å². The van der Waals surface area contributed by atoms with Crippen molar-refractivity contribution < 1.29 is 4.39 Å². The molecule has 15 heavy (non-hydrogen) atoms. The number of anilines is 2. The highest BCUT2D eigenvalue weighted by Crippen LogP contribution is 2.35. The van der Waals surface area contributed by atoms with Crippen molar-refractivity contribution in [1.29, 1.82) is 0 Å². The summed E-state index contributed by atoms with van der Waals surface area (Å²) >= 11 is 3.21. The number of nitrogens with one attached hydrogen (secondary N) is 1. The number of hydrogen-bond donors (Lipinski definition) is 1. The lowest BCUT2D eigenvalue weighted by atomic mass is 10.1. The first kappa shape index (κ1) is 10.7. The molecule has 4 heteroatoms. The summed E-state index contributed by atoms with van der Waals surface area (Å²) < 4.78 is 13.8. The SMILES string of the molecule is CCC1CNc2cc(F)c(Br)cc2N1C. The van der Waals surface area contributed by atoms with Crippen LogP contribution in [0.1, 0.15) is 13.3 Å². The molecule has 1 aromatic carbocycles. The zero-order valence-electron chi connectivity index (χ0n) is 8.85. The quantitative estimate of drug-likeness (QED) is 0.845. The lowest BCUT2D eigenvalue weighted by Crippen LogP contribution is -2.41. The molecule has 0 amide bonds. The number of likely N-dealkylation sites (N-methyl/N-ethyl adjacent to an activating group) is 1. The average molecular weight is 273 g/mol. The van der Waals surface area contributed by atoms with E-state index in [1.165, 1.54) is 0 Å². The van der Waals surface area contributed by atoms with Crippen molar-refractivity contribution in [1.82, 2.24) is 0 Å². The topological polar surface area (TPSA) is 15.3 Å². The second-order valence-electron chi connectivity index (χ2n) is 3.84. The van der Waals surface area contributed by atoms with Crippen LogP contribution in [0.15, 0.2) is 16.6 Å². The highest BCUT2D eigenvalue weighted by molar-refractivity contribution is 9.10. The maximum absolute atomic E-state index is 13.3. The Hall–Kier alpha value is -0.770. The van der Waals surface area contributed by atoms with Gasteiger partial charge in [0, 0.05) is 25.7 Å². The van der Waals surface area contributed by atoms with E-state index in [1.807, 2.05) is 6.07 Å². The molecule has 2 nitrogen and oxygen atoms in total. The van der Waals surface area contributed by atoms with E-state index in [-0.39, 0.29) is 5.82 Å². The van der Waals surface area contributed by atoms with Crippen LogP contribution in [0, 0.1) is 5.82 Å². The van der Waals surface area contributed by atoms with Gasteiger partial charge in [0.1, 0.15) is 5.82 Å². The van der Waals surface area contributed by atoms with E-state index in [9.17, 15) is 4.39 Å². The Bertz CT molecular complexity index is 381.